The molecule has 0 aliphatic carbocycles. The fraction of sp³-hybridized carbons (Fsp3) is 0.632. The zero-order valence-electron chi connectivity index (χ0n) is 18.8. The third-order valence-electron chi connectivity index (χ3n) is 4.37. The predicted octanol–water partition coefficient (Wildman–Crippen LogP) is -2.89. The fourth-order valence-electron chi connectivity index (χ4n) is 2.74. The molecular weight excluding hydrogens is 458 g/mol. The molecular formula is C19H31N5O10. The molecule has 0 aromatic carbocycles. The molecule has 15 nitrogen and oxygen atoms in total. The molecule has 0 bridgehead atoms. The maximum Gasteiger partial charge on any atom is 0.326 e. The Morgan fingerprint density at radius 1 is 0.735 bits per heavy atom. The van der Waals surface area contributed by atoms with E-state index in [4.69, 9.17) is 21.7 Å². The number of carboxylic acid groups (broad SMARTS) is 3. The zero-order valence-corrected chi connectivity index (χ0v) is 18.8. The van der Waals surface area contributed by atoms with Crippen LogP contribution >= 0.6 is 0 Å². The predicted molar refractivity (Wildman–Crippen MR) is 114 cm³/mol. The number of carboxylic acids is 3. The molecule has 0 spiro atoms. The van der Waals surface area contributed by atoms with Gasteiger partial charge >= 0.3 is 17.9 Å². The topological polar surface area (TPSA) is 268 Å². The maximum absolute atomic E-state index is 12.7. The average Bonchev–Trinajstić information content (AvgIpc) is 2.68. The summed E-state index contributed by atoms with van der Waals surface area (Å²) in [5, 5.41) is 33.6. The normalized spacial score (nSPS) is 14.2. The number of hydrogen-bond donors (Lipinski definition) is 8. The molecule has 0 saturated heterocycles. The summed E-state index contributed by atoms with van der Waals surface area (Å²) in [6, 6.07) is -5.99. The number of amides is 4. The lowest BCUT2D eigenvalue weighted by Crippen LogP contribution is -2.58. The van der Waals surface area contributed by atoms with Gasteiger partial charge in [-0.25, -0.2) is 4.79 Å². The van der Waals surface area contributed by atoms with Gasteiger partial charge in [0.2, 0.25) is 23.6 Å². The lowest BCUT2D eigenvalue weighted by Gasteiger charge is -2.25. The van der Waals surface area contributed by atoms with E-state index in [2.05, 4.69) is 16.0 Å². The van der Waals surface area contributed by atoms with E-state index in [1.165, 1.54) is 0 Å². The first kappa shape index (κ1) is 30.2. The van der Waals surface area contributed by atoms with Crippen LogP contribution in [-0.4, -0.2) is 81.0 Å². The Morgan fingerprint density at radius 2 is 1.24 bits per heavy atom. The molecule has 0 aliphatic rings. The van der Waals surface area contributed by atoms with Gasteiger partial charge in [-0.2, -0.15) is 0 Å². The van der Waals surface area contributed by atoms with Gasteiger partial charge in [-0.1, -0.05) is 13.8 Å². The van der Waals surface area contributed by atoms with Gasteiger partial charge < -0.3 is 42.7 Å². The van der Waals surface area contributed by atoms with Crippen molar-refractivity contribution in [2.45, 2.75) is 70.1 Å². The van der Waals surface area contributed by atoms with Crippen LogP contribution in [0.5, 0.6) is 0 Å². The maximum atomic E-state index is 12.7. The van der Waals surface area contributed by atoms with Gasteiger partial charge in [-0.3, -0.25) is 28.8 Å². The highest BCUT2D eigenvalue weighted by atomic mass is 16.4. The minimum absolute atomic E-state index is 0.0117. The SMILES string of the molecule is CC(C)CC(NC(=O)C(CC(=O)O)NC(=O)C(N)CC(N)=O)C(=O)NC(CCC(=O)O)C(=O)O. The number of nitrogens with one attached hydrogen (secondary N) is 3. The number of hydrogen-bond acceptors (Lipinski definition) is 8. The molecule has 0 radical (unpaired) electrons. The van der Waals surface area contributed by atoms with Crippen molar-refractivity contribution < 1.29 is 48.9 Å². The molecule has 4 atom stereocenters. The summed E-state index contributed by atoms with van der Waals surface area (Å²) in [4.78, 5) is 81.6. The summed E-state index contributed by atoms with van der Waals surface area (Å²) in [7, 11) is 0. The Labute approximate surface area is 194 Å². The molecule has 0 rings (SSSR count). The third-order valence-corrected chi connectivity index (χ3v) is 4.37. The van der Waals surface area contributed by atoms with Gasteiger partial charge in [0.15, 0.2) is 0 Å². The van der Waals surface area contributed by atoms with Gasteiger partial charge in [-0.15, -0.1) is 0 Å². The number of aliphatic carboxylic acids is 3. The van der Waals surface area contributed by atoms with E-state index in [9.17, 15) is 38.7 Å². The van der Waals surface area contributed by atoms with Crippen LogP contribution in [0.1, 0.15) is 46.0 Å². The number of rotatable bonds is 16. The van der Waals surface area contributed by atoms with E-state index in [0.29, 0.717) is 0 Å². The van der Waals surface area contributed by atoms with E-state index < -0.39 is 91.4 Å². The fourth-order valence-corrected chi connectivity index (χ4v) is 2.74. The molecule has 4 unspecified atom stereocenters. The summed E-state index contributed by atoms with van der Waals surface area (Å²) in [6.45, 7) is 3.40. The van der Waals surface area contributed by atoms with Crippen LogP contribution < -0.4 is 27.4 Å². The smallest absolute Gasteiger partial charge is 0.326 e. The summed E-state index contributed by atoms with van der Waals surface area (Å²) in [5.74, 6) is -8.33. The summed E-state index contributed by atoms with van der Waals surface area (Å²) >= 11 is 0. The molecule has 0 heterocycles. The quantitative estimate of drug-likeness (QED) is 0.109. The summed E-state index contributed by atoms with van der Waals surface area (Å²) in [5.41, 5.74) is 10.4. The van der Waals surface area contributed by atoms with Crippen molar-refractivity contribution in [3.63, 3.8) is 0 Å². The molecule has 34 heavy (non-hydrogen) atoms. The van der Waals surface area contributed by atoms with E-state index in [-0.39, 0.29) is 12.3 Å². The molecule has 0 aliphatic heterocycles. The van der Waals surface area contributed by atoms with E-state index >= 15 is 0 Å². The zero-order chi connectivity index (χ0) is 26.6. The standard InChI is InChI=1S/C19H31N5O10/c1-8(2)5-11(17(31)22-10(19(33)34)3-4-14(26)27)24-18(32)12(7-15(28)29)23-16(30)9(20)6-13(21)25/h8-12H,3-7,20H2,1-2H3,(H2,21,25)(H,22,31)(H,23,30)(H,24,32)(H,26,27)(H,28,29)(H,33,34). The van der Waals surface area contributed by atoms with Crippen LogP contribution in [0, 0.1) is 5.92 Å². The van der Waals surface area contributed by atoms with Crippen molar-refractivity contribution >= 4 is 41.5 Å². The summed E-state index contributed by atoms with van der Waals surface area (Å²) < 4.78 is 0. The van der Waals surface area contributed by atoms with Gasteiger partial charge in [0, 0.05) is 6.42 Å². The molecule has 0 aromatic heterocycles. The summed E-state index contributed by atoms with van der Waals surface area (Å²) in [6.07, 6.45) is -2.37. The van der Waals surface area contributed by atoms with Crippen molar-refractivity contribution in [2.24, 2.45) is 17.4 Å². The van der Waals surface area contributed by atoms with Crippen molar-refractivity contribution in [1.82, 2.24) is 16.0 Å². The van der Waals surface area contributed by atoms with Crippen LogP contribution in [0.2, 0.25) is 0 Å². The van der Waals surface area contributed by atoms with Crippen LogP contribution in [0.15, 0.2) is 0 Å². The van der Waals surface area contributed by atoms with Crippen LogP contribution in [0.3, 0.4) is 0 Å². The number of primary amides is 1. The largest absolute Gasteiger partial charge is 0.481 e. The molecule has 15 heteroatoms. The highest BCUT2D eigenvalue weighted by Crippen LogP contribution is 2.08. The minimum Gasteiger partial charge on any atom is -0.481 e. The first-order valence-electron chi connectivity index (χ1n) is 10.2. The van der Waals surface area contributed by atoms with E-state index in [1.807, 2.05) is 0 Å². The van der Waals surface area contributed by atoms with E-state index in [0.717, 1.165) is 0 Å². The Kier molecular flexibility index (Phi) is 12.8. The minimum atomic E-state index is -1.67. The van der Waals surface area contributed by atoms with Crippen LogP contribution in [-0.2, 0) is 33.6 Å². The van der Waals surface area contributed by atoms with Crippen LogP contribution in [0.4, 0.5) is 0 Å². The Bertz CT molecular complexity index is 800. The Balaban J connectivity index is 5.54. The average molecular weight is 489 g/mol. The second-order valence-electron chi connectivity index (χ2n) is 7.96. The van der Waals surface area contributed by atoms with Crippen molar-refractivity contribution in [2.75, 3.05) is 0 Å². The second kappa shape index (κ2) is 14.4. The lowest BCUT2D eigenvalue weighted by molar-refractivity contribution is -0.144. The lowest BCUT2D eigenvalue weighted by atomic mass is 10.0. The third kappa shape index (κ3) is 12.3. The van der Waals surface area contributed by atoms with Crippen molar-refractivity contribution in [3.8, 4) is 0 Å². The van der Waals surface area contributed by atoms with Crippen molar-refractivity contribution in [1.29, 1.82) is 0 Å². The van der Waals surface area contributed by atoms with Gasteiger partial charge in [-0.05, 0) is 18.8 Å². The first-order chi connectivity index (χ1) is 15.6. The molecule has 0 aromatic rings. The Hall–Kier alpha value is -3.75. The number of carbonyl (C=O) groups is 7. The highest BCUT2D eigenvalue weighted by Gasteiger charge is 2.32. The highest BCUT2D eigenvalue weighted by molar-refractivity contribution is 5.96. The van der Waals surface area contributed by atoms with E-state index in [1.54, 1.807) is 13.8 Å². The second-order valence-corrected chi connectivity index (χ2v) is 7.96. The van der Waals surface area contributed by atoms with Crippen molar-refractivity contribution in [3.05, 3.63) is 0 Å². The Morgan fingerprint density at radius 3 is 1.68 bits per heavy atom. The first-order valence-corrected chi connectivity index (χ1v) is 10.2. The number of carbonyl (C=O) groups excluding carboxylic acids is 4. The molecule has 4 amide bonds. The van der Waals surface area contributed by atoms with Gasteiger partial charge in [0.25, 0.3) is 0 Å². The monoisotopic (exact) mass is 489 g/mol. The molecule has 10 N–H and O–H groups in total. The van der Waals surface area contributed by atoms with Gasteiger partial charge in [0.05, 0.1) is 18.9 Å². The van der Waals surface area contributed by atoms with Gasteiger partial charge in [0.1, 0.15) is 18.1 Å². The molecule has 0 fully saturated rings. The molecule has 192 valence electrons. The molecule has 0 saturated carbocycles. The number of nitrogens with two attached hydrogens (primary N) is 2. The van der Waals surface area contributed by atoms with Crippen LogP contribution in [0.25, 0.3) is 0 Å².